The van der Waals surface area contributed by atoms with Gasteiger partial charge in [-0.1, -0.05) is 37.5 Å². The summed E-state index contributed by atoms with van der Waals surface area (Å²) in [5, 5.41) is 3.63. The molecule has 4 nitrogen and oxygen atoms in total. The lowest BCUT2D eigenvalue weighted by molar-refractivity contribution is 0.462. The Bertz CT molecular complexity index is 692. The van der Waals surface area contributed by atoms with Gasteiger partial charge in [-0.3, -0.25) is 0 Å². The smallest absolute Gasteiger partial charge is 0.232 e. The molecule has 2 aromatic rings. The van der Waals surface area contributed by atoms with E-state index in [1.807, 2.05) is 0 Å². The summed E-state index contributed by atoms with van der Waals surface area (Å²) in [7, 11) is 0. The molecule has 1 N–H and O–H groups in total. The largest absolute Gasteiger partial charge is 0.367 e. The van der Waals surface area contributed by atoms with Crippen LogP contribution in [0.5, 0.6) is 0 Å². The fourth-order valence-electron chi connectivity index (χ4n) is 3.75. The molecule has 0 bridgehead atoms. The summed E-state index contributed by atoms with van der Waals surface area (Å²) < 4.78 is 0. The predicted molar refractivity (Wildman–Crippen MR) is 94.4 cm³/mol. The second-order valence-electron chi connectivity index (χ2n) is 6.70. The van der Waals surface area contributed by atoms with Gasteiger partial charge in [0, 0.05) is 30.0 Å². The first kappa shape index (κ1) is 14.5. The van der Waals surface area contributed by atoms with Gasteiger partial charge in [0.2, 0.25) is 5.95 Å². The summed E-state index contributed by atoms with van der Waals surface area (Å²) in [6, 6.07) is 11.2. The van der Waals surface area contributed by atoms with Gasteiger partial charge < -0.3 is 10.2 Å². The van der Waals surface area contributed by atoms with Crippen molar-refractivity contribution in [2.24, 2.45) is 0 Å². The Morgan fingerprint density at radius 3 is 2.78 bits per heavy atom. The van der Waals surface area contributed by atoms with Crippen LogP contribution < -0.4 is 10.2 Å². The van der Waals surface area contributed by atoms with E-state index in [1.54, 1.807) is 0 Å². The zero-order chi connectivity index (χ0) is 15.6. The first-order chi connectivity index (χ1) is 11.3. The third kappa shape index (κ3) is 3.03. The highest BCUT2D eigenvalue weighted by Crippen LogP contribution is 2.33. The lowest BCUT2D eigenvalue weighted by atomic mass is 9.95. The number of hydrogen-bond donors (Lipinski definition) is 1. The third-order valence-corrected chi connectivity index (χ3v) is 4.93. The maximum absolute atomic E-state index is 4.81. The van der Waals surface area contributed by atoms with Gasteiger partial charge in [0.05, 0.1) is 0 Å². The summed E-state index contributed by atoms with van der Waals surface area (Å²) in [6.45, 7) is 3.02. The Morgan fingerprint density at radius 2 is 1.91 bits per heavy atom. The molecule has 2 aliphatic rings. The lowest BCUT2D eigenvalue weighted by Gasteiger charge is -2.24. The molecule has 23 heavy (non-hydrogen) atoms. The van der Waals surface area contributed by atoms with Crippen molar-refractivity contribution in [2.75, 3.05) is 16.8 Å². The molecule has 1 fully saturated rings. The minimum Gasteiger partial charge on any atom is -0.367 e. The van der Waals surface area contributed by atoms with Crippen LogP contribution in [-0.4, -0.2) is 22.6 Å². The SMILES string of the molecule is Cc1cc(NC2CCCCC2)nc(N2CCc3ccccc32)n1. The average Bonchev–Trinajstić information content (AvgIpc) is 2.99. The fourth-order valence-corrected chi connectivity index (χ4v) is 3.75. The van der Waals surface area contributed by atoms with Crippen LogP contribution in [0.1, 0.15) is 43.4 Å². The van der Waals surface area contributed by atoms with Crippen molar-refractivity contribution in [3.05, 3.63) is 41.6 Å². The molecule has 0 atom stereocenters. The standard InChI is InChI=1S/C19H24N4/c1-14-13-18(21-16-8-3-2-4-9-16)22-19(20-14)23-12-11-15-7-5-6-10-17(15)23/h5-7,10,13,16H,2-4,8-9,11-12H2,1H3,(H,20,21,22). The van der Waals surface area contributed by atoms with E-state index in [2.05, 4.69) is 52.5 Å². The van der Waals surface area contributed by atoms with Gasteiger partial charge in [0.1, 0.15) is 5.82 Å². The lowest BCUT2D eigenvalue weighted by Crippen LogP contribution is -2.24. The number of benzene rings is 1. The van der Waals surface area contributed by atoms with Crippen molar-refractivity contribution in [3.8, 4) is 0 Å². The van der Waals surface area contributed by atoms with Crippen LogP contribution in [0.2, 0.25) is 0 Å². The van der Waals surface area contributed by atoms with Crippen LogP contribution >= 0.6 is 0 Å². The Labute approximate surface area is 138 Å². The molecular weight excluding hydrogens is 284 g/mol. The first-order valence-corrected chi connectivity index (χ1v) is 8.77. The van der Waals surface area contributed by atoms with Gasteiger partial charge in [-0.15, -0.1) is 0 Å². The molecule has 0 saturated heterocycles. The summed E-state index contributed by atoms with van der Waals surface area (Å²) in [5.41, 5.74) is 3.67. The Morgan fingerprint density at radius 1 is 1.09 bits per heavy atom. The summed E-state index contributed by atoms with van der Waals surface area (Å²) in [6.07, 6.45) is 7.60. The molecule has 1 aromatic carbocycles. The molecule has 0 spiro atoms. The number of nitrogens with zero attached hydrogens (tertiary/aromatic N) is 3. The molecule has 0 radical (unpaired) electrons. The van der Waals surface area contributed by atoms with Gasteiger partial charge in [-0.05, 0) is 37.8 Å². The molecule has 1 aliphatic carbocycles. The Balaban J connectivity index is 1.60. The zero-order valence-corrected chi connectivity index (χ0v) is 13.8. The number of nitrogens with one attached hydrogen (secondary N) is 1. The fraction of sp³-hybridized carbons (Fsp3) is 0.474. The van der Waals surface area contributed by atoms with E-state index in [9.17, 15) is 0 Å². The number of anilines is 3. The van der Waals surface area contributed by atoms with Crippen LogP contribution in [0.25, 0.3) is 0 Å². The maximum atomic E-state index is 4.81. The molecule has 120 valence electrons. The highest BCUT2D eigenvalue weighted by atomic mass is 15.3. The molecular formula is C19H24N4. The number of fused-ring (bicyclic) bond motifs is 1. The van der Waals surface area contributed by atoms with Crippen LogP contribution in [-0.2, 0) is 6.42 Å². The number of aryl methyl sites for hydroxylation is 1. The number of rotatable bonds is 3. The average molecular weight is 308 g/mol. The highest BCUT2D eigenvalue weighted by Gasteiger charge is 2.23. The van der Waals surface area contributed by atoms with E-state index in [4.69, 9.17) is 4.98 Å². The number of hydrogen-bond acceptors (Lipinski definition) is 4. The molecule has 4 rings (SSSR count). The third-order valence-electron chi connectivity index (χ3n) is 4.93. The van der Waals surface area contributed by atoms with Gasteiger partial charge in [0.25, 0.3) is 0 Å². The van der Waals surface area contributed by atoms with E-state index in [1.165, 1.54) is 43.4 Å². The molecule has 0 amide bonds. The van der Waals surface area contributed by atoms with E-state index in [-0.39, 0.29) is 0 Å². The van der Waals surface area contributed by atoms with Crippen molar-refractivity contribution in [1.29, 1.82) is 0 Å². The quantitative estimate of drug-likeness (QED) is 0.921. The van der Waals surface area contributed by atoms with Gasteiger partial charge in [-0.2, -0.15) is 4.98 Å². The van der Waals surface area contributed by atoms with Gasteiger partial charge >= 0.3 is 0 Å². The topological polar surface area (TPSA) is 41.1 Å². The van der Waals surface area contributed by atoms with E-state index >= 15 is 0 Å². The molecule has 2 heterocycles. The summed E-state index contributed by atoms with van der Waals surface area (Å²) in [4.78, 5) is 11.7. The monoisotopic (exact) mass is 308 g/mol. The van der Waals surface area contributed by atoms with E-state index in [0.29, 0.717) is 6.04 Å². The summed E-state index contributed by atoms with van der Waals surface area (Å²) >= 11 is 0. The second-order valence-corrected chi connectivity index (χ2v) is 6.70. The predicted octanol–water partition coefficient (Wildman–Crippen LogP) is 4.22. The van der Waals surface area contributed by atoms with Crippen LogP contribution in [0, 0.1) is 6.92 Å². The van der Waals surface area contributed by atoms with Crippen LogP contribution in [0.15, 0.2) is 30.3 Å². The van der Waals surface area contributed by atoms with Crippen molar-refractivity contribution >= 4 is 17.5 Å². The molecule has 1 aliphatic heterocycles. The van der Waals surface area contributed by atoms with E-state index in [0.717, 1.165) is 30.4 Å². The Hall–Kier alpha value is -2.10. The minimum atomic E-state index is 0.566. The first-order valence-electron chi connectivity index (χ1n) is 8.77. The van der Waals surface area contributed by atoms with Crippen molar-refractivity contribution in [3.63, 3.8) is 0 Å². The number of aromatic nitrogens is 2. The minimum absolute atomic E-state index is 0.566. The van der Waals surface area contributed by atoms with Crippen molar-refractivity contribution < 1.29 is 0 Å². The normalized spacial score (nSPS) is 18.0. The molecule has 4 heteroatoms. The van der Waals surface area contributed by atoms with Crippen LogP contribution in [0.3, 0.4) is 0 Å². The van der Waals surface area contributed by atoms with Crippen molar-refractivity contribution in [1.82, 2.24) is 9.97 Å². The molecule has 1 saturated carbocycles. The second kappa shape index (κ2) is 6.19. The maximum Gasteiger partial charge on any atom is 0.232 e. The van der Waals surface area contributed by atoms with Gasteiger partial charge in [-0.25, -0.2) is 4.98 Å². The van der Waals surface area contributed by atoms with Crippen molar-refractivity contribution in [2.45, 2.75) is 51.5 Å². The van der Waals surface area contributed by atoms with Crippen LogP contribution in [0.4, 0.5) is 17.5 Å². The molecule has 0 unspecified atom stereocenters. The highest BCUT2D eigenvalue weighted by molar-refractivity contribution is 5.66. The van der Waals surface area contributed by atoms with Gasteiger partial charge in [0.15, 0.2) is 0 Å². The summed E-state index contributed by atoms with van der Waals surface area (Å²) in [5.74, 6) is 1.80. The zero-order valence-electron chi connectivity index (χ0n) is 13.8. The Kier molecular flexibility index (Phi) is 3.90. The van der Waals surface area contributed by atoms with E-state index < -0.39 is 0 Å². The number of para-hydroxylation sites is 1. The molecule has 1 aromatic heterocycles.